The summed E-state index contributed by atoms with van der Waals surface area (Å²) in [4.78, 5) is 14.0. The first-order valence-electron chi connectivity index (χ1n) is 7.27. The fourth-order valence-corrected chi connectivity index (χ4v) is 2.87. The Kier molecular flexibility index (Phi) is 5.69. The number of nitrogens with zero attached hydrogens (tertiary/aromatic N) is 1. The summed E-state index contributed by atoms with van der Waals surface area (Å²) in [5.41, 5.74) is 1.32. The SMILES string of the molecule is CN(CC(=O)Nc1cccc(S(C)(=O)=O)c1)Cc1ccc(F)cc1. The molecule has 0 saturated heterocycles. The molecule has 0 fully saturated rings. The molecule has 0 radical (unpaired) electrons. The average Bonchev–Trinajstić information content (AvgIpc) is 2.49. The van der Waals surface area contributed by atoms with Crippen LogP contribution in [0.1, 0.15) is 5.56 Å². The van der Waals surface area contributed by atoms with E-state index in [1.54, 1.807) is 36.2 Å². The highest BCUT2D eigenvalue weighted by Crippen LogP contribution is 2.15. The van der Waals surface area contributed by atoms with E-state index in [4.69, 9.17) is 0 Å². The average molecular weight is 350 g/mol. The van der Waals surface area contributed by atoms with E-state index in [2.05, 4.69) is 5.32 Å². The highest BCUT2D eigenvalue weighted by molar-refractivity contribution is 7.90. The van der Waals surface area contributed by atoms with Gasteiger partial charge in [0.15, 0.2) is 9.84 Å². The molecule has 128 valence electrons. The van der Waals surface area contributed by atoms with Crippen molar-refractivity contribution in [3.05, 3.63) is 59.9 Å². The van der Waals surface area contributed by atoms with Crippen molar-refractivity contribution in [3.63, 3.8) is 0 Å². The minimum absolute atomic E-state index is 0.125. The molecule has 24 heavy (non-hydrogen) atoms. The van der Waals surface area contributed by atoms with Crippen molar-refractivity contribution in [2.24, 2.45) is 0 Å². The maximum Gasteiger partial charge on any atom is 0.238 e. The molecule has 0 spiro atoms. The number of hydrogen-bond acceptors (Lipinski definition) is 4. The maximum atomic E-state index is 12.9. The quantitative estimate of drug-likeness (QED) is 0.868. The summed E-state index contributed by atoms with van der Waals surface area (Å²) in [6.07, 6.45) is 1.12. The van der Waals surface area contributed by atoms with Crippen molar-refractivity contribution >= 4 is 21.4 Å². The molecule has 1 N–H and O–H groups in total. The number of halogens is 1. The topological polar surface area (TPSA) is 66.5 Å². The van der Waals surface area contributed by atoms with Gasteiger partial charge in [-0.25, -0.2) is 12.8 Å². The van der Waals surface area contributed by atoms with Gasteiger partial charge in [0, 0.05) is 18.5 Å². The fraction of sp³-hybridized carbons (Fsp3) is 0.235. The van der Waals surface area contributed by atoms with Crippen LogP contribution in [-0.2, 0) is 21.2 Å². The van der Waals surface area contributed by atoms with E-state index in [0.717, 1.165) is 11.8 Å². The van der Waals surface area contributed by atoms with Crippen LogP contribution in [0.25, 0.3) is 0 Å². The highest BCUT2D eigenvalue weighted by atomic mass is 32.2. The summed E-state index contributed by atoms with van der Waals surface area (Å²) < 4.78 is 35.9. The Labute approximate surface area is 141 Å². The van der Waals surface area contributed by atoms with Crippen molar-refractivity contribution in [1.29, 1.82) is 0 Å². The molecule has 5 nitrogen and oxygen atoms in total. The van der Waals surface area contributed by atoms with Crippen LogP contribution in [0.5, 0.6) is 0 Å². The first kappa shape index (κ1) is 18.1. The van der Waals surface area contributed by atoms with Crippen molar-refractivity contribution in [1.82, 2.24) is 4.90 Å². The molecule has 0 aliphatic carbocycles. The first-order valence-corrected chi connectivity index (χ1v) is 9.16. The van der Waals surface area contributed by atoms with Crippen molar-refractivity contribution < 1.29 is 17.6 Å². The van der Waals surface area contributed by atoms with E-state index in [0.29, 0.717) is 12.2 Å². The van der Waals surface area contributed by atoms with Gasteiger partial charge in [0.25, 0.3) is 0 Å². The van der Waals surface area contributed by atoms with E-state index in [-0.39, 0.29) is 23.2 Å². The third kappa shape index (κ3) is 5.43. The molecule has 0 saturated carbocycles. The van der Waals surface area contributed by atoms with Gasteiger partial charge in [-0.3, -0.25) is 9.69 Å². The van der Waals surface area contributed by atoms with Gasteiger partial charge < -0.3 is 5.32 Å². The van der Waals surface area contributed by atoms with Crippen molar-refractivity contribution in [3.8, 4) is 0 Å². The number of benzene rings is 2. The summed E-state index contributed by atoms with van der Waals surface area (Å²) in [6.45, 7) is 0.623. The standard InChI is InChI=1S/C17H19FN2O3S/c1-20(11-13-6-8-14(18)9-7-13)12-17(21)19-15-4-3-5-16(10-15)24(2,22)23/h3-10H,11-12H2,1-2H3,(H,19,21). The zero-order chi connectivity index (χ0) is 17.7. The normalized spacial score (nSPS) is 11.5. The molecule has 2 aromatic rings. The highest BCUT2D eigenvalue weighted by Gasteiger charge is 2.11. The van der Waals surface area contributed by atoms with E-state index >= 15 is 0 Å². The Balaban J connectivity index is 1.94. The van der Waals surface area contributed by atoms with E-state index in [1.165, 1.54) is 24.3 Å². The van der Waals surface area contributed by atoms with Gasteiger partial charge in [-0.05, 0) is 42.9 Å². The van der Waals surface area contributed by atoms with E-state index in [9.17, 15) is 17.6 Å². The second-order valence-corrected chi connectivity index (χ2v) is 7.66. The lowest BCUT2D eigenvalue weighted by atomic mass is 10.2. The lowest BCUT2D eigenvalue weighted by Gasteiger charge is -2.16. The molecule has 1 amide bonds. The second-order valence-electron chi connectivity index (χ2n) is 5.65. The number of hydrogen-bond donors (Lipinski definition) is 1. The Bertz CT molecular complexity index is 820. The minimum atomic E-state index is -3.32. The van der Waals surface area contributed by atoms with Gasteiger partial charge in [0.05, 0.1) is 11.4 Å². The number of sulfone groups is 1. The molecule has 0 unspecified atom stereocenters. The number of carbonyl (C=O) groups excluding carboxylic acids is 1. The number of likely N-dealkylation sites (N-methyl/N-ethyl adjacent to an activating group) is 1. The number of amides is 1. The van der Waals surface area contributed by atoms with Crippen LogP contribution in [0.3, 0.4) is 0 Å². The van der Waals surface area contributed by atoms with Crippen LogP contribution in [-0.4, -0.2) is 39.1 Å². The minimum Gasteiger partial charge on any atom is -0.325 e. The summed E-state index contributed by atoms with van der Waals surface area (Å²) >= 11 is 0. The van der Waals surface area contributed by atoms with Crippen LogP contribution < -0.4 is 5.32 Å². The number of nitrogens with one attached hydrogen (secondary N) is 1. The fourth-order valence-electron chi connectivity index (χ4n) is 2.21. The third-order valence-electron chi connectivity index (χ3n) is 3.33. The number of anilines is 1. The van der Waals surface area contributed by atoms with Gasteiger partial charge in [-0.15, -0.1) is 0 Å². The summed E-state index contributed by atoms with van der Waals surface area (Å²) in [7, 11) is -1.55. The van der Waals surface area contributed by atoms with Crippen LogP contribution >= 0.6 is 0 Å². The van der Waals surface area contributed by atoms with Gasteiger partial charge >= 0.3 is 0 Å². The van der Waals surface area contributed by atoms with E-state index < -0.39 is 9.84 Å². The van der Waals surface area contributed by atoms with Crippen LogP contribution in [0, 0.1) is 5.82 Å². The molecule has 0 bridgehead atoms. The molecule has 0 heterocycles. The lowest BCUT2D eigenvalue weighted by Crippen LogP contribution is -2.29. The zero-order valence-corrected chi connectivity index (χ0v) is 14.3. The Morgan fingerprint density at radius 3 is 2.46 bits per heavy atom. The van der Waals surface area contributed by atoms with Gasteiger partial charge in [0.2, 0.25) is 5.91 Å². The summed E-state index contributed by atoms with van der Waals surface area (Å²) in [5.74, 6) is -0.560. The van der Waals surface area contributed by atoms with Crippen LogP contribution in [0.4, 0.5) is 10.1 Å². The largest absolute Gasteiger partial charge is 0.325 e. The molecule has 2 aromatic carbocycles. The van der Waals surface area contributed by atoms with Crippen LogP contribution in [0.2, 0.25) is 0 Å². The Morgan fingerprint density at radius 2 is 1.83 bits per heavy atom. The smallest absolute Gasteiger partial charge is 0.238 e. The molecular formula is C17H19FN2O3S. The Hall–Kier alpha value is -2.25. The molecular weight excluding hydrogens is 331 g/mol. The third-order valence-corrected chi connectivity index (χ3v) is 4.44. The molecule has 0 aromatic heterocycles. The Morgan fingerprint density at radius 1 is 1.17 bits per heavy atom. The monoisotopic (exact) mass is 350 g/mol. The van der Waals surface area contributed by atoms with Crippen molar-refractivity contribution in [2.45, 2.75) is 11.4 Å². The molecule has 0 aliphatic rings. The van der Waals surface area contributed by atoms with Gasteiger partial charge in [-0.2, -0.15) is 0 Å². The molecule has 2 rings (SSSR count). The van der Waals surface area contributed by atoms with Crippen LogP contribution in [0.15, 0.2) is 53.4 Å². The first-order chi connectivity index (χ1) is 11.2. The van der Waals surface area contributed by atoms with Gasteiger partial charge in [0.1, 0.15) is 5.82 Å². The predicted octanol–water partition coefficient (Wildman–Crippen LogP) is 2.30. The predicted molar refractivity (Wildman–Crippen MR) is 90.9 cm³/mol. The molecule has 0 atom stereocenters. The maximum absolute atomic E-state index is 12.9. The second kappa shape index (κ2) is 7.55. The molecule has 0 aliphatic heterocycles. The lowest BCUT2D eigenvalue weighted by molar-refractivity contribution is -0.117. The van der Waals surface area contributed by atoms with Gasteiger partial charge in [-0.1, -0.05) is 18.2 Å². The van der Waals surface area contributed by atoms with Crippen molar-refractivity contribution in [2.75, 3.05) is 25.2 Å². The number of rotatable bonds is 6. The molecule has 7 heteroatoms. The summed E-state index contributed by atoms with van der Waals surface area (Å²) in [5, 5.41) is 2.68. The number of carbonyl (C=O) groups is 1. The zero-order valence-electron chi connectivity index (χ0n) is 13.5. The van der Waals surface area contributed by atoms with E-state index in [1.807, 2.05) is 0 Å². The summed E-state index contributed by atoms with van der Waals surface area (Å²) in [6, 6.07) is 12.2.